The molecular formula is C32H42N4O6. The number of nitrogens with one attached hydrogen (secondary N) is 2. The van der Waals surface area contributed by atoms with Gasteiger partial charge >= 0.3 is 18.0 Å². The zero-order valence-electron chi connectivity index (χ0n) is 24.7. The normalized spacial score (nSPS) is 21.2. The van der Waals surface area contributed by atoms with Crippen LogP contribution in [0, 0.1) is 5.92 Å². The first kappa shape index (κ1) is 31.0. The van der Waals surface area contributed by atoms with Crippen molar-refractivity contribution >= 4 is 23.9 Å². The van der Waals surface area contributed by atoms with Crippen molar-refractivity contribution in [3.8, 4) is 0 Å². The summed E-state index contributed by atoms with van der Waals surface area (Å²) in [7, 11) is 1.58. The molecule has 2 aromatic rings. The van der Waals surface area contributed by atoms with E-state index in [1.165, 1.54) is 0 Å². The zero-order chi connectivity index (χ0) is 30.1. The van der Waals surface area contributed by atoms with Crippen molar-refractivity contribution in [1.29, 1.82) is 0 Å². The van der Waals surface area contributed by atoms with Gasteiger partial charge in [-0.25, -0.2) is 9.59 Å². The molecule has 10 nitrogen and oxygen atoms in total. The van der Waals surface area contributed by atoms with Gasteiger partial charge in [-0.15, -0.1) is 0 Å². The molecule has 5 atom stereocenters. The van der Waals surface area contributed by atoms with Crippen molar-refractivity contribution < 1.29 is 28.7 Å². The Labute approximate surface area is 247 Å². The first-order valence-electron chi connectivity index (χ1n) is 14.8. The molecule has 226 valence electrons. The zero-order valence-corrected chi connectivity index (χ0v) is 24.7. The molecule has 2 saturated heterocycles. The number of urea groups is 1. The lowest BCUT2D eigenvalue weighted by atomic mass is 9.91. The summed E-state index contributed by atoms with van der Waals surface area (Å²) in [6.45, 7) is 4.66. The van der Waals surface area contributed by atoms with Crippen molar-refractivity contribution in [2.24, 2.45) is 5.92 Å². The van der Waals surface area contributed by atoms with Gasteiger partial charge in [0, 0.05) is 20.1 Å². The Bertz CT molecular complexity index is 1210. The average Bonchev–Trinajstić information content (AvgIpc) is 3.41. The Morgan fingerprint density at radius 1 is 0.976 bits per heavy atom. The van der Waals surface area contributed by atoms with Crippen LogP contribution in [0.1, 0.15) is 44.2 Å². The smallest absolute Gasteiger partial charge is 0.329 e. The van der Waals surface area contributed by atoms with Crippen LogP contribution in [0.25, 0.3) is 0 Å². The van der Waals surface area contributed by atoms with Gasteiger partial charge in [0.05, 0.1) is 18.7 Å². The summed E-state index contributed by atoms with van der Waals surface area (Å²) in [4.78, 5) is 56.2. The molecule has 3 amide bonds. The number of nitrogens with zero attached hydrogens (tertiary/aromatic N) is 2. The summed E-state index contributed by atoms with van der Waals surface area (Å²) >= 11 is 0. The van der Waals surface area contributed by atoms with Crippen LogP contribution < -0.4 is 10.6 Å². The lowest BCUT2D eigenvalue weighted by Crippen LogP contribution is -2.59. The predicted molar refractivity (Wildman–Crippen MR) is 157 cm³/mol. The number of fused-ring (bicyclic) bond motifs is 1. The van der Waals surface area contributed by atoms with E-state index >= 15 is 0 Å². The van der Waals surface area contributed by atoms with E-state index in [4.69, 9.17) is 9.47 Å². The molecule has 0 spiro atoms. The van der Waals surface area contributed by atoms with Gasteiger partial charge in [-0.2, -0.15) is 0 Å². The number of ether oxygens (including phenoxy) is 2. The fourth-order valence-electron chi connectivity index (χ4n) is 5.96. The van der Waals surface area contributed by atoms with Crippen LogP contribution in [0.2, 0.25) is 0 Å². The second kappa shape index (κ2) is 14.8. The monoisotopic (exact) mass is 578 g/mol. The first-order chi connectivity index (χ1) is 20.3. The summed E-state index contributed by atoms with van der Waals surface area (Å²) in [6.07, 6.45) is 2.21. The van der Waals surface area contributed by atoms with E-state index < -0.39 is 30.1 Å². The van der Waals surface area contributed by atoms with Gasteiger partial charge in [0.25, 0.3) is 0 Å². The third-order valence-corrected chi connectivity index (χ3v) is 8.15. The summed E-state index contributed by atoms with van der Waals surface area (Å²) < 4.78 is 11.0. The highest BCUT2D eigenvalue weighted by atomic mass is 16.5. The highest BCUT2D eigenvalue weighted by Gasteiger charge is 2.51. The van der Waals surface area contributed by atoms with E-state index in [1.54, 1.807) is 30.7 Å². The van der Waals surface area contributed by atoms with E-state index in [1.807, 2.05) is 60.7 Å². The lowest BCUT2D eigenvalue weighted by molar-refractivity contribution is -0.157. The highest BCUT2D eigenvalue weighted by molar-refractivity contribution is 5.89. The molecule has 0 aliphatic carbocycles. The number of esters is 2. The summed E-state index contributed by atoms with van der Waals surface area (Å²) in [5, 5.41) is 5.86. The second-order valence-electron chi connectivity index (χ2n) is 10.9. The van der Waals surface area contributed by atoms with Gasteiger partial charge in [0.1, 0.15) is 18.7 Å². The molecule has 2 aromatic carbocycles. The van der Waals surface area contributed by atoms with Crippen LogP contribution in [0.15, 0.2) is 60.7 Å². The standard InChI is InChI=1S/C32H42N4O6/c1-4-41-30(38)26(16-15-23-11-7-5-8-12-23)34-22(2)29(37)36-27(31(39)42-21-24-13-9-6-10-14-24)19-25-17-18-35(20-28(25)36)32(40)33-3/h5-14,22,25-28,34H,4,15-21H2,1-3H3,(H,33,40)/t22-,25+,26+,27+,28-/m0/s1. The molecular weight excluding hydrogens is 536 g/mol. The van der Waals surface area contributed by atoms with Gasteiger partial charge in [-0.1, -0.05) is 60.7 Å². The molecule has 0 unspecified atom stereocenters. The minimum atomic E-state index is -0.784. The van der Waals surface area contributed by atoms with Crippen molar-refractivity contribution in [2.45, 2.75) is 70.3 Å². The van der Waals surface area contributed by atoms with Gasteiger partial charge < -0.3 is 24.6 Å². The Hall–Kier alpha value is -3.92. The van der Waals surface area contributed by atoms with Gasteiger partial charge in [-0.05, 0) is 56.6 Å². The number of carbonyl (C=O) groups excluding carboxylic acids is 4. The van der Waals surface area contributed by atoms with Crippen LogP contribution in [0.3, 0.4) is 0 Å². The molecule has 2 fully saturated rings. The number of hydrogen-bond donors (Lipinski definition) is 2. The number of hydrogen-bond acceptors (Lipinski definition) is 7. The fraction of sp³-hybridized carbons (Fsp3) is 0.500. The Morgan fingerprint density at radius 2 is 1.64 bits per heavy atom. The number of rotatable bonds is 11. The van der Waals surface area contributed by atoms with Crippen molar-refractivity contribution in [1.82, 2.24) is 20.4 Å². The lowest BCUT2D eigenvalue weighted by Gasteiger charge is -2.40. The van der Waals surface area contributed by atoms with Crippen LogP contribution in [-0.2, 0) is 36.9 Å². The molecule has 2 heterocycles. The minimum absolute atomic E-state index is 0.0512. The summed E-state index contributed by atoms with van der Waals surface area (Å²) in [5.74, 6) is -1.15. The molecule has 2 aliphatic rings. The maximum atomic E-state index is 14.1. The average molecular weight is 579 g/mol. The van der Waals surface area contributed by atoms with Gasteiger partial charge in [-0.3, -0.25) is 14.9 Å². The molecule has 2 aliphatic heterocycles. The second-order valence-corrected chi connectivity index (χ2v) is 10.9. The van der Waals surface area contributed by atoms with E-state index in [-0.39, 0.29) is 37.1 Å². The minimum Gasteiger partial charge on any atom is -0.465 e. The Morgan fingerprint density at radius 3 is 2.29 bits per heavy atom. The van der Waals surface area contributed by atoms with Gasteiger partial charge in [0.2, 0.25) is 5.91 Å². The largest absolute Gasteiger partial charge is 0.465 e. The SMILES string of the molecule is CCOC(=O)[C@@H](CCc1ccccc1)N[C@@H](C)C(=O)N1[C@@H](C(=O)OCc2ccccc2)C[C@H]2CCN(C(=O)NC)C[C@@H]21. The number of piperidine rings is 1. The molecule has 0 bridgehead atoms. The van der Waals surface area contributed by atoms with E-state index in [2.05, 4.69) is 10.6 Å². The number of carbonyl (C=O) groups is 4. The van der Waals surface area contributed by atoms with E-state index in [0.29, 0.717) is 38.8 Å². The summed E-state index contributed by atoms with van der Waals surface area (Å²) in [6, 6.07) is 16.4. The molecule has 42 heavy (non-hydrogen) atoms. The molecule has 0 saturated carbocycles. The quantitative estimate of drug-likeness (QED) is 0.394. The maximum absolute atomic E-state index is 14.1. The van der Waals surface area contributed by atoms with Crippen molar-refractivity contribution in [3.63, 3.8) is 0 Å². The van der Waals surface area contributed by atoms with E-state index in [0.717, 1.165) is 11.1 Å². The van der Waals surface area contributed by atoms with Crippen molar-refractivity contribution in [2.75, 3.05) is 26.7 Å². The molecule has 4 rings (SSSR count). The van der Waals surface area contributed by atoms with E-state index in [9.17, 15) is 19.2 Å². The van der Waals surface area contributed by atoms with Crippen LogP contribution >= 0.6 is 0 Å². The highest BCUT2D eigenvalue weighted by Crippen LogP contribution is 2.37. The van der Waals surface area contributed by atoms with Crippen LogP contribution in [0.5, 0.6) is 0 Å². The topological polar surface area (TPSA) is 117 Å². The third-order valence-electron chi connectivity index (χ3n) is 8.15. The number of amides is 3. The molecule has 0 aromatic heterocycles. The summed E-state index contributed by atoms with van der Waals surface area (Å²) in [5.41, 5.74) is 1.93. The third kappa shape index (κ3) is 7.67. The molecule has 2 N–H and O–H groups in total. The number of benzene rings is 2. The molecule has 0 radical (unpaired) electrons. The molecule has 10 heteroatoms. The van der Waals surface area contributed by atoms with Crippen molar-refractivity contribution in [3.05, 3.63) is 71.8 Å². The number of aryl methyl sites for hydroxylation is 1. The number of likely N-dealkylation sites (tertiary alicyclic amines) is 2. The van der Waals surface area contributed by atoms with Crippen LogP contribution in [-0.4, -0.2) is 84.6 Å². The first-order valence-corrected chi connectivity index (χ1v) is 14.8. The predicted octanol–water partition coefficient (Wildman–Crippen LogP) is 2.90. The van der Waals surface area contributed by atoms with Crippen LogP contribution in [0.4, 0.5) is 4.79 Å². The fourth-order valence-corrected chi connectivity index (χ4v) is 5.96. The maximum Gasteiger partial charge on any atom is 0.329 e. The Kier molecular flexibility index (Phi) is 10.9. The van der Waals surface area contributed by atoms with Gasteiger partial charge in [0.15, 0.2) is 0 Å². The Balaban J connectivity index is 1.51.